The number of hydrogen-bond acceptors (Lipinski definition) is 3. The molecule has 0 spiro atoms. The fourth-order valence-electron chi connectivity index (χ4n) is 0.741. The molecule has 0 heterocycles. The minimum absolute atomic E-state index is 0.0786. The van der Waals surface area contributed by atoms with E-state index in [-0.39, 0.29) is 4.90 Å². The third kappa shape index (κ3) is 1.90. The minimum Gasteiger partial charge on any atom is -0.265 e. The molecule has 0 aliphatic rings. The summed E-state index contributed by atoms with van der Waals surface area (Å²) in [5, 5.41) is 4.87. The minimum atomic E-state index is -3.59. The standard InChI is InChI=1S/C7H8N2O2S/c1-9-6-2-4-7(5-3-6)12(8,10)11/h2-5H,1H2,(H2,8,10,11). The van der Waals surface area contributed by atoms with Crippen LogP contribution in [0.25, 0.3) is 0 Å². The van der Waals surface area contributed by atoms with Crippen LogP contribution in [0.3, 0.4) is 0 Å². The first-order valence-corrected chi connectivity index (χ1v) is 4.68. The number of nitrogens with zero attached hydrogens (tertiary/aromatic N) is 1. The molecule has 0 saturated carbocycles. The summed E-state index contributed by atoms with van der Waals surface area (Å²) >= 11 is 0. The zero-order chi connectivity index (χ0) is 9.19. The summed E-state index contributed by atoms with van der Waals surface area (Å²) in [5.41, 5.74) is 0.613. The Kier molecular flexibility index (Phi) is 2.25. The SMILES string of the molecule is C=Nc1ccc(S(N)(=O)=O)cc1. The Morgan fingerprint density at radius 1 is 1.25 bits per heavy atom. The van der Waals surface area contributed by atoms with Gasteiger partial charge in [0, 0.05) is 0 Å². The smallest absolute Gasteiger partial charge is 0.238 e. The molecule has 0 fully saturated rings. The van der Waals surface area contributed by atoms with Gasteiger partial charge in [-0.05, 0) is 31.0 Å². The molecule has 0 aromatic heterocycles. The van der Waals surface area contributed by atoms with Gasteiger partial charge in [-0.25, -0.2) is 13.6 Å². The van der Waals surface area contributed by atoms with Crippen molar-refractivity contribution in [3.8, 4) is 0 Å². The van der Waals surface area contributed by atoms with Crippen LogP contribution < -0.4 is 5.14 Å². The maximum absolute atomic E-state index is 10.8. The summed E-state index contributed by atoms with van der Waals surface area (Å²) in [6, 6.07) is 5.85. The molecule has 0 bridgehead atoms. The van der Waals surface area contributed by atoms with E-state index >= 15 is 0 Å². The number of benzene rings is 1. The van der Waals surface area contributed by atoms with E-state index in [0.717, 1.165) is 0 Å². The molecule has 0 aliphatic carbocycles. The third-order valence-electron chi connectivity index (χ3n) is 1.35. The number of aliphatic imine (C=N–C) groups is 1. The second kappa shape index (κ2) is 3.04. The second-order valence-corrected chi connectivity index (χ2v) is 3.76. The molecular weight excluding hydrogens is 176 g/mol. The maximum atomic E-state index is 10.8. The maximum Gasteiger partial charge on any atom is 0.238 e. The summed E-state index contributed by atoms with van der Waals surface area (Å²) in [7, 11) is -3.59. The summed E-state index contributed by atoms with van der Waals surface area (Å²) in [4.78, 5) is 3.69. The summed E-state index contributed by atoms with van der Waals surface area (Å²) in [5.74, 6) is 0. The second-order valence-electron chi connectivity index (χ2n) is 2.20. The Balaban J connectivity index is 3.17. The van der Waals surface area contributed by atoms with Crippen molar-refractivity contribution in [3.63, 3.8) is 0 Å². The van der Waals surface area contributed by atoms with Gasteiger partial charge in [0.05, 0.1) is 10.6 Å². The van der Waals surface area contributed by atoms with E-state index in [1.807, 2.05) is 0 Å². The first-order chi connectivity index (χ1) is 5.54. The first kappa shape index (κ1) is 8.89. The van der Waals surface area contributed by atoms with E-state index in [0.29, 0.717) is 5.69 Å². The number of nitrogens with two attached hydrogens (primary N) is 1. The normalized spacial score (nSPS) is 11.1. The Hall–Kier alpha value is -1.20. The first-order valence-electron chi connectivity index (χ1n) is 3.13. The predicted molar refractivity (Wildman–Crippen MR) is 47.0 cm³/mol. The van der Waals surface area contributed by atoms with Gasteiger partial charge in [-0.15, -0.1) is 0 Å². The quantitative estimate of drug-likeness (QED) is 0.686. The molecule has 0 aliphatic heterocycles. The van der Waals surface area contributed by atoms with Crippen LogP contribution in [0.2, 0.25) is 0 Å². The highest BCUT2D eigenvalue weighted by Crippen LogP contribution is 2.14. The van der Waals surface area contributed by atoms with Crippen molar-refractivity contribution in [1.29, 1.82) is 0 Å². The van der Waals surface area contributed by atoms with Crippen LogP contribution in [-0.2, 0) is 10.0 Å². The lowest BCUT2D eigenvalue weighted by atomic mass is 10.3. The zero-order valence-electron chi connectivity index (χ0n) is 6.27. The lowest BCUT2D eigenvalue weighted by Crippen LogP contribution is -2.11. The van der Waals surface area contributed by atoms with Gasteiger partial charge in [-0.1, -0.05) is 0 Å². The van der Waals surface area contributed by atoms with Gasteiger partial charge in [0.25, 0.3) is 0 Å². The van der Waals surface area contributed by atoms with Crippen molar-refractivity contribution >= 4 is 22.4 Å². The average Bonchev–Trinajstić information content (AvgIpc) is 2.03. The Morgan fingerprint density at radius 2 is 1.75 bits per heavy atom. The molecule has 5 heteroatoms. The van der Waals surface area contributed by atoms with E-state index in [9.17, 15) is 8.42 Å². The molecule has 4 nitrogen and oxygen atoms in total. The molecule has 1 rings (SSSR count). The fourth-order valence-corrected chi connectivity index (χ4v) is 1.26. The molecule has 12 heavy (non-hydrogen) atoms. The van der Waals surface area contributed by atoms with Crippen LogP contribution >= 0.6 is 0 Å². The van der Waals surface area contributed by atoms with Gasteiger partial charge >= 0.3 is 0 Å². The predicted octanol–water partition coefficient (Wildman–Crippen LogP) is 0.666. The highest BCUT2D eigenvalue weighted by atomic mass is 32.2. The van der Waals surface area contributed by atoms with Crippen LogP contribution in [0.5, 0.6) is 0 Å². The average molecular weight is 184 g/mol. The fraction of sp³-hybridized carbons (Fsp3) is 0. The van der Waals surface area contributed by atoms with Crippen LogP contribution in [0.1, 0.15) is 0 Å². The van der Waals surface area contributed by atoms with Crippen LogP contribution in [-0.4, -0.2) is 15.1 Å². The summed E-state index contributed by atoms with van der Waals surface area (Å²) in [6.45, 7) is 3.29. The Labute approximate surface area is 70.8 Å². The lowest BCUT2D eigenvalue weighted by Gasteiger charge is -1.96. The molecule has 0 amide bonds. The molecule has 0 saturated heterocycles. The van der Waals surface area contributed by atoms with Gasteiger partial charge in [0.1, 0.15) is 0 Å². The Bertz CT molecular complexity index is 380. The molecule has 64 valence electrons. The van der Waals surface area contributed by atoms with Gasteiger partial charge in [-0.3, -0.25) is 4.99 Å². The van der Waals surface area contributed by atoms with Crippen molar-refractivity contribution in [2.45, 2.75) is 4.90 Å². The van der Waals surface area contributed by atoms with Gasteiger partial charge < -0.3 is 0 Å². The van der Waals surface area contributed by atoms with Gasteiger partial charge in [0.2, 0.25) is 10.0 Å². The van der Waals surface area contributed by atoms with Crippen molar-refractivity contribution in [2.24, 2.45) is 10.1 Å². The Morgan fingerprint density at radius 3 is 2.08 bits per heavy atom. The van der Waals surface area contributed by atoms with Crippen LogP contribution in [0, 0.1) is 0 Å². The highest BCUT2D eigenvalue weighted by Gasteiger charge is 2.05. The van der Waals surface area contributed by atoms with Crippen molar-refractivity contribution < 1.29 is 8.42 Å². The van der Waals surface area contributed by atoms with E-state index in [1.165, 1.54) is 24.3 Å². The molecule has 2 N–H and O–H groups in total. The number of primary sulfonamides is 1. The molecular formula is C7H8N2O2S. The summed E-state index contributed by atoms with van der Waals surface area (Å²) < 4.78 is 21.5. The molecule has 1 aromatic carbocycles. The van der Waals surface area contributed by atoms with Crippen molar-refractivity contribution in [1.82, 2.24) is 0 Å². The van der Waals surface area contributed by atoms with Gasteiger partial charge in [0.15, 0.2) is 0 Å². The van der Waals surface area contributed by atoms with Crippen LogP contribution in [0.15, 0.2) is 34.2 Å². The molecule has 0 atom stereocenters. The van der Waals surface area contributed by atoms with Crippen LogP contribution in [0.4, 0.5) is 5.69 Å². The van der Waals surface area contributed by atoms with Crippen molar-refractivity contribution in [3.05, 3.63) is 24.3 Å². The largest absolute Gasteiger partial charge is 0.265 e. The number of hydrogen-bond donors (Lipinski definition) is 1. The van der Waals surface area contributed by atoms with Gasteiger partial charge in [-0.2, -0.15) is 0 Å². The highest BCUT2D eigenvalue weighted by molar-refractivity contribution is 7.89. The van der Waals surface area contributed by atoms with E-state index in [2.05, 4.69) is 11.7 Å². The molecule has 0 unspecified atom stereocenters. The van der Waals surface area contributed by atoms with Crippen molar-refractivity contribution in [2.75, 3.05) is 0 Å². The zero-order valence-corrected chi connectivity index (χ0v) is 7.08. The topological polar surface area (TPSA) is 72.5 Å². The monoisotopic (exact) mass is 184 g/mol. The molecule has 1 aromatic rings. The number of rotatable bonds is 2. The van der Waals surface area contributed by atoms with E-state index < -0.39 is 10.0 Å². The third-order valence-corrected chi connectivity index (χ3v) is 2.28. The summed E-state index contributed by atoms with van der Waals surface area (Å²) in [6.07, 6.45) is 0. The van der Waals surface area contributed by atoms with E-state index in [1.54, 1.807) is 0 Å². The van der Waals surface area contributed by atoms with E-state index in [4.69, 9.17) is 5.14 Å². The number of sulfonamides is 1. The lowest BCUT2D eigenvalue weighted by molar-refractivity contribution is 0.598. The molecule has 0 radical (unpaired) electrons.